The highest BCUT2D eigenvalue weighted by atomic mass is 16.3. The van der Waals surface area contributed by atoms with Gasteiger partial charge in [-0.15, -0.1) is 0 Å². The quantitative estimate of drug-likeness (QED) is 0.459. The Morgan fingerprint density at radius 2 is 1.93 bits per heavy atom. The van der Waals surface area contributed by atoms with E-state index in [1.807, 2.05) is 0 Å². The summed E-state index contributed by atoms with van der Waals surface area (Å²) < 4.78 is 0. The maximum atomic E-state index is 11.3. The number of nitrogens with one attached hydrogen (secondary N) is 2. The number of anilines is 1. The average Bonchev–Trinajstić information content (AvgIpc) is 2.15. The summed E-state index contributed by atoms with van der Waals surface area (Å²) in [5.41, 5.74) is 4.73. The fraction of sp³-hybridized carbons (Fsp3) is 0.500. The molecule has 0 saturated carbocycles. The molecular weight excluding hydrogens is 200 g/mol. The number of nitrogen functional groups attached to an aromatic ring is 1. The summed E-state index contributed by atoms with van der Waals surface area (Å²) in [7, 11) is 0. The Balaban J connectivity index is 2.73. The molecule has 0 spiro atoms. The standard InChI is InChI=1S/C8H12N4O3/c9-6-5(3-1-2-4-10-15)7(13)12-8(14)11-6/h1-4H2,(H4,9,11,12,13,14). The summed E-state index contributed by atoms with van der Waals surface area (Å²) in [5, 5.41) is 2.70. The second kappa shape index (κ2) is 5.08. The van der Waals surface area contributed by atoms with Gasteiger partial charge in [-0.1, -0.05) is 5.18 Å². The molecule has 0 saturated heterocycles. The molecule has 0 aliphatic heterocycles. The monoisotopic (exact) mass is 212 g/mol. The number of aromatic amines is 2. The Morgan fingerprint density at radius 3 is 2.53 bits per heavy atom. The maximum absolute atomic E-state index is 11.3. The van der Waals surface area contributed by atoms with E-state index in [2.05, 4.69) is 15.1 Å². The summed E-state index contributed by atoms with van der Waals surface area (Å²) >= 11 is 0. The molecule has 7 heteroatoms. The highest BCUT2D eigenvalue weighted by Crippen LogP contribution is 2.04. The number of rotatable bonds is 5. The van der Waals surface area contributed by atoms with Crippen molar-refractivity contribution < 1.29 is 0 Å². The van der Waals surface area contributed by atoms with Crippen LogP contribution in [0.2, 0.25) is 0 Å². The smallest absolute Gasteiger partial charge is 0.327 e. The lowest BCUT2D eigenvalue weighted by Crippen LogP contribution is -2.27. The normalized spacial score (nSPS) is 10.1. The molecule has 0 aromatic carbocycles. The summed E-state index contributed by atoms with van der Waals surface area (Å²) in [6.07, 6.45) is 1.65. The van der Waals surface area contributed by atoms with Gasteiger partial charge >= 0.3 is 5.69 Å². The molecule has 0 radical (unpaired) electrons. The lowest BCUT2D eigenvalue weighted by atomic mass is 10.1. The van der Waals surface area contributed by atoms with E-state index in [4.69, 9.17) is 5.73 Å². The van der Waals surface area contributed by atoms with E-state index in [-0.39, 0.29) is 12.4 Å². The first-order chi connectivity index (χ1) is 7.15. The van der Waals surface area contributed by atoms with Gasteiger partial charge in [0.1, 0.15) is 5.82 Å². The van der Waals surface area contributed by atoms with Crippen molar-refractivity contribution in [2.24, 2.45) is 5.18 Å². The summed E-state index contributed by atoms with van der Waals surface area (Å²) in [6.45, 7) is 0.223. The van der Waals surface area contributed by atoms with Crippen molar-refractivity contribution >= 4 is 5.82 Å². The SMILES string of the molecule is Nc1[nH]c(=O)[nH]c(=O)c1CCCCN=O. The molecule has 0 aliphatic rings. The number of hydrogen-bond acceptors (Lipinski definition) is 5. The summed E-state index contributed by atoms with van der Waals surface area (Å²) in [6, 6.07) is 0. The zero-order valence-electron chi connectivity index (χ0n) is 8.08. The maximum Gasteiger partial charge on any atom is 0.327 e. The van der Waals surface area contributed by atoms with Gasteiger partial charge in [0.2, 0.25) is 0 Å². The zero-order valence-corrected chi connectivity index (χ0v) is 8.08. The van der Waals surface area contributed by atoms with Crippen molar-refractivity contribution in [3.63, 3.8) is 0 Å². The van der Waals surface area contributed by atoms with Crippen LogP contribution in [0.5, 0.6) is 0 Å². The Morgan fingerprint density at radius 1 is 1.20 bits per heavy atom. The van der Waals surface area contributed by atoms with Crippen molar-refractivity contribution in [1.82, 2.24) is 9.97 Å². The average molecular weight is 212 g/mol. The molecule has 0 bridgehead atoms. The van der Waals surface area contributed by atoms with Crippen molar-refractivity contribution in [3.05, 3.63) is 31.3 Å². The topological polar surface area (TPSA) is 121 Å². The first-order valence-corrected chi connectivity index (χ1v) is 4.55. The first-order valence-electron chi connectivity index (χ1n) is 4.55. The second-order valence-electron chi connectivity index (χ2n) is 3.11. The Labute approximate surface area is 84.7 Å². The highest BCUT2D eigenvalue weighted by Gasteiger charge is 2.05. The van der Waals surface area contributed by atoms with Crippen LogP contribution in [-0.4, -0.2) is 16.5 Å². The minimum Gasteiger partial charge on any atom is -0.385 e. The van der Waals surface area contributed by atoms with E-state index < -0.39 is 11.2 Å². The third kappa shape index (κ3) is 3.04. The Bertz CT molecular complexity index is 448. The molecule has 0 atom stereocenters. The van der Waals surface area contributed by atoms with Crippen LogP contribution in [0.3, 0.4) is 0 Å². The number of H-pyrrole nitrogens is 2. The van der Waals surface area contributed by atoms with Crippen LogP contribution in [-0.2, 0) is 6.42 Å². The minimum absolute atomic E-state index is 0.0859. The fourth-order valence-corrected chi connectivity index (χ4v) is 1.26. The molecule has 1 heterocycles. The lowest BCUT2D eigenvalue weighted by Gasteiger charge is -2.01. The van der Waals surface area contributed by atoms with Crippen LogP contribution in [0.1, 0.15) is 18.4 Å². The van der Waals surface area contributed by atoms with Gasteiger partial charge in [0.05, 0.1) is 12.1 Å². The van der Waals surface area contributed by atoms with E-state index >= 15 is 0 Å². The number of nitroso groups, excluding NO2 is 1. The van der Waals surface area contributed by atoms with Crippen LogP contribution in [0.25, 0.3) is 0 Å². The van der Waals surface area contributed by atoms with E-state index in [0.717, 1.165) is 0 Å². The van der Waals surface area contributed by atoms with Crippen LogP contribution in [0, 0.1) is 4.91 Å². The molecule has 1 aromatic rings. The summed E-state index contributed by atoms with van der Waals surface area (Å²) in [4.78, 5) is 36.3. The van der Waals surface area contributed by atoms with Crippen LogP contribution in [0.4, 0.5) is 5.82 Å². The molecular formula is C8H12N4O3. The van der Waals surface area contributed by atoms with E-state index in [1.165, 1.54) is 0 Å². The van der Waals surface area contributed by atoms with E-state index in [1.54, 1.807) is 0 Å². The van der Waals surface area contributed by atoms with Crippen LogP contribution >= 0.6 is 0 Å². The van der Waals surface area contributed by atoms with Crippen LogP contribution < -0.4 is 17.0 Å². The van der Waals surface area contributed by atoms with Crippen molar-refractivity contribution in [1.29, 1.82) is 0 Å². The van der Waals surface area contributed by atoms with Crippen molar-refractivity contribution in [2.75, 3.05) is 12.3 Å². The lowest BCUT2D eigenvalue weighted by molar-refractivity contribution is 0.735. The number of nitrogens with zero attached hydrogens (tertiary/aromatic N) is 1. The molecule has 7 nitrogen and oxygen atoms in total. The second-order valence-corrected chi connectivity index (χ2v) is 3.11. The third-order valence-corrected chi connectivity index (χ3v) is 2.00. The fourth-order valence-electron chi connectivity index (χ4n) is 1.26. The zero-order chi connectivity index (χ0) is 11.3. The van der Waals surface area contributed by atoms with Crippen molar-refractivity contribution in [2.45, 2.75) is 19.3 Å². The van der Waals surface area contributed by atoms with Crippen LogP contribution in [0.15, 0.2) is 14.8 Å². The number of aromatic nitrogens is 2. The number of hydrogen-bond donors (Lipinski definition) is 3. The molecule has 0 unspecified atom stereocenters. The molecule has 15 heavy (non-hydrogen) atoms. The Hall–Kier alpha value is -1.92. The molecule has 0 fully saturated rings. The van der Waals surface area contributed by atoms with Gasteiger partial charge in [-0.05, 0) is 19.3 Å². The number of nitrogens with two attached hydrogens (primary N) is 1. The molecule has 82 valence electrons. The van der Waals surface area contributed by atoms with E-state index in [9.17, 15) is 14.5 Å². The van der Waals surface area contributed by atoms with E-state index in [0.29, 0.717) is 24.8 Å². The largest absolute Gasteiger partial charge is 0.385 e. The predicted molar refractivity (Wildman–Crippen MR) is 55.7 cm³/mol. The van der Waals surface area contributed by atoms with Gasteiger partial charge in [-0.2, -0.15) is 4.91 Å². The van der Waals surface area contributed by atoms with Gasteiger partial charge < -0.3 is 5.73 Å². The highest BCUT2D eigenvalue weighted by molar-refractivity contribution is 5.36. The van der Waals surface area contributed by atoms with Gasteiger partial charge in [0.25, 0.3) is 5.56 Å². The molecule has 1 aromatic heterocycles. The predicted octanol–water partition coefficient (Wildman–Crippen LogP) is -0.266. The number of unbranched alkanes of at least 4 members (excludes halogenated alkanes) is 1. The van der Waals surface area contributed by atoms with Gasteiger partial charge in [0, 0.05) is 0 Å². The molecule has 0 aliphatic carbocycles. The first kappa shape index (κ1) is 11.2. The van der Waals surface area contributed by atoms with Gasteiger partial charge in [-0.25, -0.2) is 4.79 Å². The molecule has 1 rings (SSSR count). The molecule has 0 amide bonds. The van der Waals surface area contributed by atoms with Gasteiger partial charge in [-0.3, -0.25) is 14.8 Å². The van der Waals surface area contributed by atoms with Gasteiger partial charge in [0.15, 0.2) is 0 Å². The third-order valence-electron chi connectivity index (χ3n) is 2.00. The van der Waals surface area contributed by atoms with Crippen molar-refractivity contribution in [3.8, 4) is 0 Å². The minimum atomic E-state index is -0.615. The summed E-state index contributed by atoms with van der Waals surface area (Å²) in [5.74, 6) is 0.0859. The molecule has 4 N–H and O–H groups in total. The Kier molecular flexibility index (Phi) is 3.78.